The molecule has 7 fully saturated rings. The highest BCUT2D eigenvalue weighted by molar-refractivity contribution is 5.73. The van der Waals surface area contributed by atoms with Gasteiger partial charge in [0.05, 0.1) is 44.2 Å². The maximum absolute atomic E-state index is 12.4. The smallest absolute Gasteiger partial charge is 0.335 e. The Hall–Kier alpha value is -1.47. The van der Waals surface area contributed by atoms with Crippen molar-refractivity contribution in [3.63, 3.8) is 0 Å². The number of ether oxygens (including phenoxy) is 6. The number of carboxylic acids is 1. The van der Waals surface area contributed by atoms with Gasteiger partial charge in [0.25, 0.3) is 0 Å². The molecule has 12 N–H and O–H groups in total. The third-order valence-corrected chi connectivity index (χ3v) is 19.6. The molecule has 378 valence electrons. The molecule has 8 rings (SSSR count). The van der Waals surface area contributed by atoms with Crippen LogP contribution in [0.1, 0.15) is 99.8 Å². The molecular formula is C47H76O19. The Morgan fingerprint density at radius 3 is 2.00 bits per heavy atom. The highest BCUT2D eigenvalue weighted by Gasteiger charge is 2.70. The molecule has 0 amide bonds. The Labute approximate surface area is 385 Å². The first kappa shape index (κ1) is 50.9. The van der Waals surface area contributed by atoms with E-state index >= 15 is 0 Å². The first-order chi connectivity index (χ1) is 30.8. The number of aliphatic hydroxyl groups is 11. The Morgan fingerprint density at radius 2 is 1.35 bits per heavy atom. The first-order valence-corrected chi connectivity index (χ1v) is 23.9. The second kappa shape index (κ2) is 17.7. The minimum Gasteiger partial charge on any atom is -0.479 e. The largest absolute Gasteiger partial charge is 0.479 e. The van der Waals surface area contributed by atoms with Gasteiger partial charge in [-0.2, -0.15) is 0 Å². The van der Waals surface area contributed by atoms with Crippen LogP contribution in [0.5, 0.6) is 0 Å². The van der Waals surface area contributed by atoms with Crippen LogP contribution in [0.2, 0.25) is 0 Å². The van der Waals surface area contributed by atoms with Gasteiger partial charge in [0.15, 0.2) is 25.0 Å². The lowest BCUT2D eigenvalue weighted by Gasteiger charge is -2.72. The van der Waals surface area contributed by atoms with Crippen LogP contribution in [0, 0.1) is 50.2 Å². The zero-order valence-electron chi connectivity index (χ0n) is 39.1. The highest BCUT2D eigenvalue weighted by Crippen LogP contribution is 2.76. The number of carbonyl (C=O) groups is 1. The molecule has 0 bridgehead atoms. The Kier molecular flexibility index (Phi) is 13.6. The van der Waals surface area contributed by atoms with E-state index in [1.54, 1.807) is 0 Å². The molecule has 0 aromatic rings. The van der Waals surface area contributed by atoms with Gasteiger partial charge in [0, 0.05) is 16.2 Å². The van der Waals surface area contributed by atoms with E-state index in [1.165, 1.54) is 12.5 Å². The monoisotopic (exact) mass is 944 g/mol. The zero-order valence-corrected chi connectivity index (χ0v) is 39.1. The number of hydrogen-bond acceptors (Lipinski definition) is 18. The molecule has 3 aliphatic heterocycles. The van der Waals surface area contributed by atoms with Gasteiger partial charge in [-0.15, -0.1) is 0 Å². The van der Waals surface area contributed by atoms with E-state index in [2.05, 4.69) is 33.8 Å². The fourth-order valence-corrected chi connectivity index (χ4v) is 14.9. The maximum atomic E-state index is 12.4. The van der Waals surface area contributed by atoms with E-state index < -0.39 is 133 Å². The van der Waals surface area contributed by atoms with Crippen molar-refractivity contribution >= 4 is 5.97 Å². The van der Waals surface area contributed by atoms with E-state index in [-0.39, 0.29) is 47.2 Å². The van der Waals surface area contributed by atoms with Gasteiger partial charge in [-0.05, 0) is 92.3 Å². The summed E-state index contributed by atoms with van der Waals surface area (Å²) in [5.41, 5.74) is -1.86. The van der Waals surface area contributed by atoms with Gasteiger partial charge in [0.1, 0.15) is 54.9 Å². The van der Waals surface area contributed by atoms with Crippen molar-refractivity contribution in [3.8, 4) is 0 Å². The Morgan fingerprint density at radius 1 is 0.682 bits per heavy atom. The average molecular weight is 945 g/mol. The summed E-state index contributed by atoms with van der Waals surface area (Å²) in [7, 11) is 0. The molecule has 0 radical (unpaired) electrons. The van der Waals surface area contributed by atoms with E-state index in [1.807, 2.05) is 13.8 Å². The van der Waals surface area contributed by atoms with Crippen molar-refractivity contribution in [2.24, 2.45) is 50.2 Å². The van der Waals surface area contributed by atoms with Crippen LogP contribution in [0.25, 0.3) is 0 Å². The minimum atomic E-state index is -2.04. The molecular weight excluding hydrogens is 868 g/mol. The summed E-state index contributed by atoms with van der Waals surface area (Å²) < 4.78 is 36.0. The summed E-state index contributed by atoms with van der Waals surface area (Å²) >= 11 is 0. The molecule has 66 heavy (non-hydrogen) atoms. The van der Waals surface area contributed by atoms with E-state index in [0.29, 0.717) is 32.1 Å². The van der Waals surface area contributed by atoms with E-state index in [0.717, 1.165) is 19.3 Å². The summed E-state index contributed by atoms with van der Waals surface area (Å²) in [6.07, 6.45) is -18.9. The van der Waals surface area contributed by atoms with Crippen molar-refractivity contribution in [1.29, 1.82) is 0 Å². The van der Waals surface area contributed by atoms with E-state index in [9.17, 15) is 66.1 Å². The third-order valence-electron chi connectivity index (χ3n) is 19.6. The molecule has 0 aromatic carbocycles. The van der Waals surface area contributed by atoms with Crippen molar-refractivity contribution in [2.75, 3.05) is 19.8 Å². The van der Waals surface area contributed by atoms with Gasteiger partial charge in [-0.25, -0.2) is 4.79 Å². The molecule has 0 spiro atoms. The topological polar surface area (TPSA) is 315 Å². The summed E-state index contributed by atoms with van der Waals surface area (Å²) in [6.45, 7) is 13.3. The number of rotatable bonds is 9. The molecule has 0 aromatic heterocycles. The van der Waals surface area contributed by atoms with Crippen LogP contribution in [0.4, 0.5) is 0 Å². The number of hydrogen-bond donors (Lipinski definition) is 12. The molecule has 3 saturated heterocycles. The fraction of sp³-hybridized carbons (Fsp3) is 0.936. The average Bonchev–Trinajstić information content (AvgIpc) is 3.27. The molecule has 3 heterocycles. The summed E-state index contributed by atoms with van der Waals surface area (Å²) in [6, 6.07) is 0. The summed E-state index contributed by atoms with van der Waals surface area (Å²) in [5.74, 6) is -1.59. The highest BCUT2D eigenvalue weighted by atomic mass is 16.8. The number of aliphatic hydroxyl groups excluding tert-OH is 11. The quantitative estimate of drug-likeness (QED) is 0.100. The van der Waals surface area contributed by atoms with Gasteiger partial charge in [-0.1, -0.05) is 53.2 Å². The minimum absolute atomic E-state index is 0.0388. The second-order valence-corrected chi connectivity index (χ2v) is 23.0. The van der Waals surface area contributed by atoms with Gasteiger partial charge in [0.2, 0.25) is 0 Å². The SMILES string of the molecule is C[C@@H]1O[C@@H](O[C@H]2[C@H](O[C@H]3[C@H](O[C@H]4CC[C@@]5(C)[C@@H](CC[C@]6(C)[C@@H]5CC=C5[C@@H]7C[C@](C)(CO)[C@@H](O)[C@@H](O)[C@]7(C)CC[C@]56C)[C@@]4(C)CO)O[C@H](C(=O)O)[C@@H](O)[C@@H]3O)OC[C@H](O)[C@@H]2O)[C@H](O)[C@H](O)[C@H]1O. The lowest BCUT2D eigenvalue weighted by Crippen LogP contribution is -2.68. The number of fused-ring (bicyclic) bond motifs is 7. The van der Waals surface area contributed by atoms with Crippen LogP contribution in [-0.4, -0.2) is 191 Å². The molecule has 19 heteroatoms. The van der Waals surface area contributed by atoms with Crippen molar-refractivity contribution in [2.45, 2.75) is 204 Å². The molecule has 8 aliphatic rings. The number of allylic oxidation sites excluding steroid dienone is 2. The van der Waals surface area contributed by atoms with Crippen molar-refractivity contribution < 1.29 is 94.5 Å². The van der Waals surface area contributed by atoms with Crippen LogP contribution >= 0.6 is 0 Å². The van der Waals surface area contributed by atoms with Crippen molar-refractivity contribution in [1.82, 2.24) is 0 Å². The predicted molar refractivity (Wildman–Crippen MR) is 227 cm³/mol. The molecule has 4 saturated carbocycles. The fourth-order valence-electron chi connectivity index (χ4n) is 14.9. The first-order valence-electron chi connectivity index (χ1n) is 23.9. The molecule has 26 atom stereocenters. The molecule has 19 nitrogen and oxygen atoms in total. The van der Waals surface area contributed by atoms with Crippen LogP contribution in [-0.2, 0) is 33.2 Å². The Balaban J connectivity index is 1.06. The second-order valence-electron chi connectivity index (χ2n) is 23.0. The predicted octanol–water partition coefficient (Wildman–Crippen LogP) is -0.713. The summed E-state index contributed by atoms with van der Waals surface area (Å²) in [5, 5.41) is 131. The summed E-state index contributed by atoms with van der Waals surface area (Å²) in [4.78, 5) is 12.4. The molecule has 0 unspecified atom stereocenters. The normalized spacial score (nSPS) is 57.4. The van der Waals surface area contributed by atoms with Crippen LogP contribution < -0.4 is 0 Å². The standard InChI is InChI=1S/C47H76O19/c1-20-27(51)29(53)32(56)39(62-20)65-34-28(52)23(50)17-61-40(34)66-35-31(55)30(54)33(38(59)60)64-41(35)63-26-11-12-44(4)24(45(26,5)19-49)10-13-47(7)25(44)9-8-21-22-16-42(2,18-48)36(57)37(58)43(22,3)14-15-46(21,47)6/h8,20,22-37,39-41,48-58H,9-19H2,1-7H3,(H,59,60)/t20-,22-,23-,24+,25+,26-,27-,28-,29+,30-,31-,32+,33-,34+,35+,36-,37+,39-,40-,41+,42+,43+,44-,45+,46+,47+/m0/s1. The maximum Gasteiger partial charge on any atom is 0.335 e. The number of aliphatic carboxylic acids is 1. The van der Waals surface area contributed by atoms with Gasteiger partial charge >= 0.3 is 5.97 Å². The number of carboxylic acid groups (broad SMARTS) is 1. The molecule has 5 aliphatic carbocycles. The van der Waals surface area contributed by atoms with Gasteiger partial charge < -0.3 is 89.7 Å². The third kappa shape index (κ3) is 7.51. The van der Waals surface area contributed by atoms with E-state index in [4.69, 9.17) is 28.4 Å². The zero-order chi connectivity index (χ0) is 48.4. The lowest BCUT2D eigenvalue weighted by atomic mass is 9.33. The lowest BCUT2D eigenvalue weighted by molar-refractivity contribution is -0.387. The van der Waals surface area contributed by atoms with Gasteiger partial charge in [-0.3, -0.25) is 0 Å². The van der Waals surface area contributed by atoms with Crippen molar-refractivity contribution in [3.05, 3.63) is 11.6 Å². The van der Waals surface area contributed by atoms with Crippen LogP contribution in [0.15, 0.2) is 11.6 Å². The Bertz CT molecular complexity index is 1820. The van der Waals surface area contributed by atoms with Crippen LogP contribution in [0.3, 0.4) is 0 Å².